The topological polar surface area (TPSA) is 58.2 Å². The highest BCUT2D eigenvalue weighted by atomic mass is 35.5. The van der Waals surface area contributed by atoms with Crippen molar-refractivity contribution in [2.75, 3.05) is 13.2 Å². The van der Waals surface area contributed by atoms with Crippen LogP contribution in [0.1, 0.15) is 24.3 Å². The summed E-state index contributed by atoms with van der Waals surface area (Å²) >= 11 is 5.99. The third kappa shape index (κ3) is 3.00. The van der Waals surface area contributed by atoms with Crippen LogP contribution in [0.25, 0.3) is 11.3 Å². The summed E-state index contributed by atoms with van der Waals surface area (Å²) < 4.78 is 5.56. The lowest BCUT2D eigenvalue weighted by atomic mass is 10.1. The van der Waals surface area contributed by atoms with Crippen LogP contribution >= 0.6 is 11.6 Å². The molecule has 0 aliphatic carbocycles. The molecule has 1 amide bonds. The van der Waals surface area contributed by atoms with Crippen LogP contribution in [-0.2, 0) is 4.74 Å². The van der Waals surface area contributed by atoms with Gasteiger partial charge in [-0.3, -0.25) is 9.89 Å². The number of H-pyrrole nitrogens is 1. The molecule has 1 aliphatic rings. The number of rotatable bonds is 2. The predicted octanol–water partition coefficient (Wildman–Crippen LogP) is 2.98. The number of hydrogen-bond acceptors (Lipinski definition) is 3. The molecule has 1 aromatic carbocycles. The summed E-state index contributed by atoms with van der Waals surface area (Å²) in [7, 11) is 0. The van der Waals surface area contributed by atoms with Gasteiger partial charge < -0.3 is 9.64 Å². The van der Waals surface area contributed by atoms with Gasteiger partial charge in [-0.05, 0) is 32.0 Å². The number of aromatic nitrogens is 2. The Morgan fingerprint density at radius 3 is 3.00 bits per heavy atom. The Hall–Kier alpha value is -1.85. The first-order chi connectivity index (χ1) is 10.5. The molecule has 0 saturated carbocycles. The van der Waals surface area contributed by atoms with Crippen molar-refractivity contribution < 1.29 is 9.53 Å². The van der Waals surface area contributed by atoms with Gasteiger partial charge in [-0.25, -0.2) is 0 Å². The van der Waals surface area contributed by atoms with Gasteiger partial charge in [-0.1, -0.05) is 23.7 Å². The number of hydrogen-bond donors (Lipinski definition) is 1. The lowest BCUT2D eigenvalue weighted by Gasteiger charge is -2.36. The molecule has 1 N–H and O–H groups in total. The van der Waals surface area contributed by atoms with Crippen LogP contribution in [0.5, 0.6) is 0 Å². The zero-order chi connectivity index (χ0) is 15.7. The van der Waals surface area contributed by atoms with Gasteiger partial charge in [-0.15, -0.1) is 0 Å². The van der Waals surface area contributed by atoms with Gasteiger partial charge in [0.05, 0.1) is 24.4 Å². The van der Waals surface area contributed by atoms with Crippen molar-refractivity contribution in [3.63, 3.8) is 0 Å². The predicted molar refractivity (Wildman–Crippen MR) is 84.9 cm³/mol. The maximum Gasteiger partial charge on any atom is 0.272 e. The lowest BCUT2D eigenvalue weighted by molar-refractivity contribution is -0.0389. The van der Waals surface area contributed by atoms with Crippen LogP contribution in [0, 0.1) is 0 Å². The molecule has 116 valence electrons. The van der Waals surface area contributed by atoms with E-state index in [2.05, 4.69) is 10.2 Å². The minimum Gasteiger partial charge on any atom is -0.375 e. The van der Waals surface area contributed by atoms with Gasteiger partial charge in [0, 0.05) is 17.1 Å². The number of amides is 1. The molecule has 0 radical (unpaired) electrons. The van der Waals surface area contributed by atoms with E-state index in [1.54, 1.807) is 12.1 Å². The number of aromatic amines is 1. The highest BCUT2D eigenvalue weighted by molar-refractivity contribution is 6.30. The SMILES string of the molecule is CC1CN(C(=O)c2cc(-c3cccc(Cl)c3)n[nH]2)C(C)CO1. The molecule has 1 saturated heterocycles. The van der Waals surface area contributed by atoms with Crippen LogP contribution < -0.4 is 0 Å². The van der Waals surface area contributed by atoms with E-state index in [1.807, 2.05) is 36.9 Å². The van der Waals surface area contributed by atoms with E-state index in [0.717, 1.165) is 5.56 Å². The molecule has 22 heavy (non-hydrogen) atoms. The first-order valence-corrected chi connectivity index (χ1v) is 7.66. The molecular formula is C16H18ClN3O2. The van der Waals surface area contributed by atoms with Gasteiger partial charge >= 0.3 is 0 Å². The average molecular weight is 320 g/mol. The second-order valence-corrected chi connectivity index (χ2v) is 6.06. The molecule has 3 rings (SSSR count). The van der Waals surface area contributed by atoms with Crippen LogP contribution in [-0.4, -0.2) is 46.3 Å². The first-order valence-electron chi connectivity index (χ1n) is 7.28. The average Bonchev–Trinajstić information content (AvgIpc) is 2.99. The fraction of sp³-hybridized carbons (Fsp3) is 0.375. The highest BCUT2D eigenvalue weighted by Gasteiger charge is 2.29. The van der Waals surface area contributed by atoms with E-state index in [0.29, 0.717) is 29.6 Å². The van der Waals surface area contributed by atoms with Gasteiger partial charge in [0.2, 0.25) is 0 Å². The summed E-state index contributed by atoms with van der Waals surface area (Å²) in [5.74, 6) is -0.0524. The lowest BCUT2D eigenvalue weighted by Crippen LogP contribution is -2.50. The zero-order valence-electron chi connectivity index (χ0n) is 12.5. The van der Waals surface area contributed by atoms with Crippen LogP contribution in [0.4, 0.5) is 0 Å². The number of carbonyl (C=O) groups is 1. The number of benzene rings is 1. The van der Waals surface area contributed by atoms with Crippen LogP contribution in [0.3, 0.4) is 0 Å². The van der Waals surface area contributed by atoms with Gasteiger partial charge in [0.1, 0.15) is 5.69 Å². The minimum atomic E-state index is -0.0524. The maximum atomic E-state index is 12.6. The van der Waals surface area contributed by atoms with E-state index in [9.17, 15) is 4.79 Å². The molecule has 1 aromatic heterocycles. The van der Waals surface area contributed by atoms with Crippen molar-refractivity contribution in [2.45, 2.75) is 26.0 Å². The molecule has 2 heterocycles. The zero-order valence-corrected chi connectivity index (χ0v) is 13.3. The Morgan fingerprint density at radius 1 is 1.41 bits per heavy atom. The van der Waals surface area contributed by atoms with Crippen molar-refractivity contribution in [1.82, 2.24) is 15.1 Å². The fourth-order valence-corrected chi connectivity index (χ4v) is 2.76. The Labute approximate surface area is 134 Å². The molecule has 6 heteroatoms. The molecule has 2 atom stereocenters. The summed E-state index contributed by atoms with van der Waals surface area (Å²) in [4.78, 5) is 14.5. The standard InChI is InChI=1S/C16H18ClN3O2/c1-10-9-22-11(2)8-20(10)16(21)15-7-14(18-19-15)12-4-3-5-13(17)6-12/h3-7,10-11H,8-9H2,1-2H3,(H,18,19). The Kier molecular flexibility index (Phi) is 4.18. The monoisotopic (exact) mass is 319 g/mol. The van der Waals surface area contributed by atoms with Crippen molar-refractivity contribution in [2.24, 2.45) is 0 Å². The molecular weight excluding hydrogens is 302 g/mol. The van der Waals surface area contributed by atoms with Gasteiger partial charge in [-0.2, -0.15) is 5.10 Å². The summed E-state index contributed by atoms with van der Waals surface area (Å²) in [6.45, 7) is 5.10. The highest BCUT2D eigenvalue weighted by Crippen LogP contribution is 2.22. The van der Waals surface area contributed by atoms with Gasteiger partial charge in [0.15, 0.2) is 0 Å². The van der Waals surface area contributed by atoms with E-state index < -0.39 is 0 Å². The third-order valence-corrected chi connectivity index (χ3v) is 4.03. The molecule has 1 aliphatic heterocycles. The summed E-state index contributed by atoms with van der Waals surface area (Å²) in [6, 6.07) is 9.23. The van der Waals surface area contributed by atoms with Crippen molar-refractivity contribution in [1.29, 1.82) is 0 Å². The quantitative estimate of drug-likeness (QED) is 0.925. The summed E-state index contributed by atoms with van der Waals surface area (Å²) in [5, 5.41) is 7.70. The number of nitrogens with one attached hydrogen (secondary N) is 1. The Bertz CT molecular complexity index is 686. The third-order valence-electron chi connectivity index (χ3n) is 3.80. The normalized spacial score (nSPS) is 21.9. The Balaban J connectivity index is 1.82. The molecule has 1 fully saturated rings. The second kappa shape index (κ2) is 6.10. The van der Waals surface area contributed by atoms with Gasteiger partial charge in [0.25, 0.3) is 5.91 Å². The largest absolute Gasteiger partial charge is 0.375 e. The number of carbonyl (C=O) groups excluding carboxylic acids is 1. The van der Waals surface area contributed by atoms with Crippen LogP contribution in [0.2, 0.25) is 5.02 Å². The van der Waals surface area contributed by atoms with E-state index in [1.165, 1.54) is 0 Å². The fourth-order valence-electron chi connectivity index (χ4n) is 2.57. The van der Waals surface area contributed by atoms with E-state index >= 15 is 0 Å². The number of nitrogens with zero attached hydrogens (tertiary/aromatic N) is 2. The van der Waals surface area contributed by atoms with Crippen LogP contribution in [0.15, 0.2) is 30.3 Å². The summed E-state index contributed by atoms with van der Waals surface area (Å²) in [5.41, 5.74) is 2.07. The molecule has 0 bridgehead atoms. The molecule has 2 unspecified atom stereocenters. The van der Waals surface area contributed by atoms with Crippen molar-refractivity contribution in [3.05, 3.63) is 41.0 Å². The number of ether oxygens (including phenoxy) is 1. The second-order valence-electron chi connectivity index (χ2n) is 5.63. The minimum absolute atomic E-state index is 0.0514. The Morgan fingerprint density at radius 2 is 2.23 bits per heavy atom. The van der Waals surface area contributed by atoms with E-state index in [4.69, 9.17) is 16.3 Å². The number of morpholine rings is 1. The maximum absolute atomic E-state index is 12.6. The van der Waals surface area contributed by atoms with Crippen molar-refractivity contribution in [3.8, 4) is 11.3 Å². The smallest absolute Gasteiger partial charge is 0.272 e. The molecule has 5 nitrogen and oxygen atoms in total. The van der Waals surface area contributed by atoms with Crippen molar-refractivity contribution >= 4 is 17.5 Å². The summed E-state index contributed by atoms with van der Waals surface area (Å²) in [6.07, 6.45) is 0.0514. The van der Waals surface area contributed by atoms with E-state index in [-0.39, 0.29) is 18.1 Å². The molecule has 0 spiro atoms. The number of halogens is 1. The molecule has 2 aromatic rings. The first kappa shape index (κ1) is 15.1.